The van der Waals surface area contributed by atoms with Crippen LogP contribution in [0.2, 0.25) is 0 Å². The average molecular weight is 324 g/mol. The number of rotatable bonds is 5. The molecule has 0 atom stereocenters. The topological polar surface area (TPSA) is 130 Å². The molecule has 118 valence electrons. The molecule has 10 heteroatoms. The van der Waals surface area contributed by atoms with Crippen molar-refractivity contribution < 1.29 is 13.2 Å². The first kappa shape index (κ1) is 16.0. The predicted octanol–water partition coefficient (Wildman–Crippen LogP) is -0.227. The molecule has 2 aromatic rings. The number of sulfonamides is 1. The normalized spacial score (nSPS) is 12.1. The van der Waals surface area contributed by atoms with Gasteiger partial charge in [-0.25, -0.2) is 18.1 Å². The van der Waals surface area contributed by atoms with E-state index in [0.29, 0.717) is 5.69 Å². The van der Waals surface area contributed by atoms with Crippen molar-refractivity contribution in [3.05, 3.63) is 35.8 Å². The van der Waals surface area contributed by atoms with Crippen LogP contribution in [0.15, 0.2) is 29.6 Å². The van der Waals surface area contributed by atoms with Crippen LogP contribution in [0.25, 0.3) is 0 Å². The van der Waals surface area contributed by atoms with Gasteiger partial charge in [-0.2, -0.15) is 15.4 Å². The summed E-state index contributed by atoms with van der Waals surface area (Å²) in [4.78, 5) is 16.0. The van der Waals surface area contributed by atoms with Crippen molar-refractivity contribution >= 4 is 15.9 Å². The number of nitrogens with zero attached hydrogens (tertiary/aromatic N) is 3. The highest BCUT2D eigenvalue weighted by atomic mass is 32.2. The van der Waals surface area contributed by atoms with Gasteiger partial charge in [0.15, 0.2) is 5.03 Å². The third-order valence-electron chi connectivity index (χ3n) is 3.02. The Morgan fingerprint density at radius 2 is 2.00 bits per heavy atom. The largest absolute Gasteiger partial charge is 0.341 e. The monoisotopic (exact) mass is 324 g/mol. The van der Waals surface area contributed by atoms with Gasteiger partial charge in [-0.15, -0.1) is 0 Å². The first-order chi connectivity index (χ1) is 10.3. The van der Waals surface area contributed by atoms with Gasteiger partial charge in [0.05, 0.1) is 17.3 Å². The molecule has 0 unspecified atom stereocenters. The Bertz CT molecular complexity index is 753. The number of aromatic amines is 1. The van der Waals surface area contributed by atoms with E-state index >= 15 is 0 Å². The Balaban J connectivity index is 2.17. The van der Waals surface area contributed by atoms with Crippen LogP contribution >= 0.6 is 0 Å². The van der Waals surface area contributed by atoms with Crippen molar-refractivity contribution in [1.82, 2.24) is 30.4 Å². The fourth-order valence-corrected chi connectivity index (χ4v) is 2.35. The maximum absolute atomic E-state index is 12.2. The third kappa shape index (κ3) is 3.28. The molecular weight excluding hydrogens is 308 g/mol. The summed E-state index contributed by atoms with van der Waals surface area (Å²) in [6.45, 7) is 3.55. The van der Waals surface area contributed by atoms with Crippen LogP contribution in [0.1, 0.15) is 29.9 Å². The van der Waals surface area contributed by atoms with Crippen LogP contribution in [0, 0.1) is 0 Å². The van der Waals surface area contributed by atoms with Gasteiger partial charge in [0.25, 0.3) is 15.9 Å². The molecule has 0 aliphatic carbocycles. The van der Waals surface area contributed by atoms with E-state index in [0.717, 1.165) is 0 Å². The Morgan fingerprint density at radius 3 is 2.50 bits per heavy atom. The smallest absolute Gasteiger partial charge is 0.257 e. The zero-order chi connectivity index (χ0) is 16.4. The van der Waals surface area contributed by atoms with Gasteiger partial charge in [-0.1, -0.05) is 0 Å². The first-order valence-electron chi connectivity index (χ1n) is 6.34. The lowest BCUT2D eigenvalue weighted by Gasteiger charge is -2.23. The Morgan fingerprint density at radius 1 is 1.27 bits per heavy atom. The predicted molar refractivity (Wildman–Crippen MR) is 77.4 cm³/mol. The van der Waals surface area contributed by atoms with E-state index in [-0.39, 0.29) is 10.6 Å². The van der Waals surface area contributed by atoms with Gasteiger partial charge in [0.1, 0.15) is 5.69 Å². The molecule has 0 aromatic carbocycles. The number of hydrogen-bond donors (Lipinski definition) is 3. The molecule has 2 aromatic heterocycles. The van der Waals surface area contributed by atoms with Gasteiger partial charge in [0.2, 0.25) is 0 Å². The van der Waals surface area contributed by atoms with Crippen molar-refractivity contribution in [2.75, 3.05) is 7.05 Å². The molecule has 0 fully saturated rings. The number of H-pyrrole nitrogens is 1. The lowest BCUT2D eigenvalue weighted by molar-refractivity contribution is 0.0910. The van der Waals surface area contributed by atoms with Crippen LogP contribution in [0.5, 0.6) is 0 Å². The summed E-state index contributed by atoms with van der Waals surface area (Å²) in [5.41, 5.74) is 0.0783. The maximum atomic E-state index is 12.2. The fourth-order valence-electron chi connectivity index (χ4n) is 1.70. The zero-order valence-electron chi connectivity index (χ0n) is 12.3. The number of carbonyl (C=O) groups is 1. The molecule has 0 saturated carbocycles. The number of hydrogen-bond acceptors (Lipinski definition) is 6. The van der Waals surface area contributed by atoms with E-state index in [1.807, 2.05) is 0 Å². The fraction of sp³-hybridized carbons (Fsp3) is 0.333. The van der Waals surface area contributed by atoms with Gasteiger partial charge in [-0.3, -0.25) is 4.79 Å². The van der Waals surface area contributed by atoms with E-state index in [9.17, 15) is 13.2 Å². The minimum Gasteiger partial charge on any atom is -0.341 e. The number of carbonyl (C=O) groups excluding carboxylic acids is 1. The molecule has 2 rings (SSSR count). The minimum atomic E-state index is -3.63. The molecule has 3 N–H and O–H groups in total. The van der Waals surface area contributed by atoms with E-state index in [1.165, 1.54) is 31.6 Å². The Hall–Kier alpha value is -2.33. The number of pyridine rings is 1. The molecule has 22 heavy (non-hydrogen) atoms. The second kappa shape index (κ2) is 5.81. The van der Waals surface area contributed by atoms with Gasteiger partial charge >= 0.3 is 0 Å². The number of nitrogens with one attached hydrogen (secondary N) is 3. The zero-order valence-corrected chi connectivity index (χ0v) is 13.1. The Kier molecular flexibility index (Phi) is 4.24. The second-order valence-electron chi connectivity index (χ2n) is 5.03. The van der Waals surface area contributed by atoms with Crippen molar-refractivity contribution in [1.29, 1.82) is 0 Å². The van der Waals surface area contributed by atoms with Crippen LogP contribution in [0.4, 0.5) is 0 Å². The summed E-state index contributed by atoms with van der Waals surface area (Å²) in [5.74, 6) is -0.395. The van der Waals surface area contributed by atoms with E-state index in [1.54, 1.807) is 13.8 Å². The quantitative estimate of drug-likeness (QED) is 0.697. The average Bonchev–Trinajstić information content (AvgIpc) is 3.02. The summed E-state index contributed by atoms with van der Waals surface area (Å²) in [6, 6.07) is 2.66. The van der Waals surface area contributed by atoms with Gasteiger partial charge in [-0.05, 0) is 33.0 Å². The molecule has 0 aliphatic heterocycles. The number of amides is 1. The summed E-state index contributed by atoms with van der Waals surface area (Å²) in [6.07, 6.45) is 2.72. The van der Waals surface area contributed by atoms with E-state index < -0.39 is 21.5 Å². The summed E-state index contributed by atoms with van der Waals surface area (Å²) in [5, 5.41) is 12.8. The molecule has 0 spiro atoms. The lowest BCUT2D eigenvalue weighted by Crippen LogP contribution is -2.41. The lowest BCUT2D eigenvalue weighted by atomic mass is 10.0. The van der Waals surface area contributed by atoms with E-state index in [2.05, 4.69) is 30.4 Å². The highest BCUT2D eigenvalue weighted by molar-refractivity contribution is 7.89. The summed E-state index contributed by atoms with van der Waals surface area (Å²) < 4.78 is 25.3. The molecule has 0 saturated heterocycles. The molecule has 0 aliphatic rings. The van der Waals surface area contributed by atoms with Crippen molar-refractivity contribution in [2.45, 2.75) is 24.4 Å². The second-order valence-corrected chi connectivity index (χ2v) is 6.86. The molecule has 9 nitrogen and oxygen atoms in total. The van der Waals surface area contributed by atoms with Crippen molar-refractivity contribution in [3.63, 3.8) is 0 Å². The molecule has 0 bridgehead atoms. The van der Waals surface area contributed by atoms with Gasteiger partial charge < -0.3 is 5.32 Å². The van der Waals surface area contributed by atoms with Crippen LogP contribution in [-0.4, -0.2) is 41.8 Å². The van der Waals surface area contributed by atoms with Crippen molar-refractivity contribution in [2.24, 2.45) is 0 Å². The SMILES string of the molecule is CNS(=O)(=O)c1ccc(C(=O)NC(C)(C)c2cn[nH]n2)cn1. The number of aromatic nitrogens is 4. The molecular formula is C12H16N6O3S. The third-order valence-corrected chi connectivity index (χ3v) is 4.35. The molecule has 1 amide bonds. The maximum Gasteiger partial charge on any atom is 0.257 e. The van der Waals surface area contributed by atoms with Crippen molar-refractivity contribution in [3.8, 4) is 0 Å². The minimum absolute atomic E-state index is 0.151. The highest BCUT2D eigenvalue weighted by Gasteiger charge is 2.26. The van der Waals surface area contributed by atoms with Crippen LogP contribution < -0.4 is 10.0 Å². The van der Waals surface area contributed by atoms with Gasteiger partial charge in [0, 0.05) is 6.20 Å². The summed E-state index contributed by atoms with van der Waals surface area (Å²) >= 11 is 0. The van der Waals surface area contributed by atoms with Crippen LogP contribution in [-0.2, 0) is 15.6 Å². The first-order valence-corrected chi connectivity index (χ1v) is 7.83. The highest BCUT2D eigenvalue weighted by Crippen LogP contribution is 2.17. The standard InChI is InChI=1S/C12H16N6O3S/c1-12(2,9-7-15-18-17-9)16-11(19)8-4-5-10(14-6-8)22(20,21)13-3/h4-7,13H,1-3H3,(H,16,19)(H,15,17,18). The summed E-state index contributed by atoms with van der Waals surface area (Å²) in [7, 11) is -2.34. The van der Waals surface area contributed by atoms with Crippen LogP contribution in [0.3, 0.4) is 0 Å². The molecule has 2 heterocycles. The van der Waals surface area contributed by atoms with E-state index in [4.69, 9.17) is 0 Å². The molecule has 0 radical (unpaired) electrons. The Labute approximate surface area is 127 Å².